The number of para-hydroxylation sites is 1. The average Bonchev–Trinajstić information content (AvgIpc) is 3.37. The van der Waals surface area contributed by atoms with Gasteiger partial charge in [-0.25, -0.2) is 0 Å². The number of fused-ring (bicyclic) bond motifs is 3. The Morgan fingerprint density at radius 1 is 0.917 bits per heavy atom. The van der Waals surface area contributed by atoms with Crippen molar-refractivity contribution in [2.75, 3.05) is 42.6 Å². The number of nitrogens with zero attached hydrogens (tertiary/aromatic N) is 3. The van der Waals surface area contributed by atoms with Crippen LogP contribution in [0.5, 0.6) is 11.5 Å². The molecule has 6 rings (SSSR count). The van der Waals surface area contributed by atoms with Crippen LogP contribution in [-0.4, -0.2) is 49.4 Å². The van der Waals surface area contributed by atoms with E-state index in [1.165, 1.54) is 28.0 Å². The molecule has 1 fully saturated rings. The third-order valence-corrected chi connectivity index (χ3v) is 6.60. The maximum atomic E-state index is 8.36. The van der Waals surface area contributed by atoms with Crippen LogP contribution in [0.15, 0.2) is 72.8 Å². The number of aromatic nitrogens is 1. The number of hydrogen-bond acceptors (Lipinski definition) is 6. The first-order valence-corrected chi connectivity index (χ1v) is 12.1. The molecule has 0 unspecified atom stereocenters. The molecule has 2 aliphatic heterocycles. The third kappa shape index (κ3) is 4.83. The number of pyridine rings is 1. The number of morpholine rings is 1. The summed E-state index contributed by atoms with van der Waals surface area (Å²) in [6, 6.07) is 25.0. The quantitative estimate of drug-likeness (QED) is 0.381. The van der Waals surface area contributed by atoms with E-state index in [-0.39, 0.29) is 6.47 Å². The Bertz CT molecular complexity index is 1340. The highest BCUT2D eigenvalue weighted by Crippen LogP contribution is 2.42. The molecule has 2 aliphatic rings. The summed E-state index contributed by atoms with van der Waals surface area (Å²) < 4.78 is 11.5. The van der Waals surface area contributed by atoms with E-state index < -0.39 is 0 Å². The van der Waals surface area contributed by atoms with Gasteiger partial charge in [0, 0.05) is 42.1 Å². The largest absolute Gasteiger partial charge is 0.483 e. The monoisotopic (exact) mass is 483 g/mol. The number of benzene rings is 3. The van der Waals surface area contributed by atoms with Crippen molar-refractivity contribution in [3.05, 3.63) is 84.1 Å². The fraction of sp³-hybridized carbons (Fsp3) is 0.241. The van der Waals surface area contributed by atoms with E-state index in [0.29, 0.717) is 0 Å². The Labute approximate surface area is 210 Å². The van der Waals surface area contributed by atoms with E-state index in [4.69, 9.17) is 24.4 Å². The van der Waals surface area contributed by atoms with Gasteiger partial charge < -0.3 is 24.4 Å². The fourth-order valence-electron chi connectivity index (χ4n) is 4.93. The summed E-state index contributed by atoms with van der Waals surface area (Å²) in [7, 11) is 0. The molecule has 0 saturated carbocycles. The molecule has 1 saturated heterocycles. The van der Waals surface area contributed by atoms with Crippen molar-refractivity contribution in [1.82, 2.24) is 4.98 Å². The van der Waals surface area contributed by atoms with Crippen molar-refractivity contribution in [3.8, 4) is 11.5 Å². The van der Waals surface area contributed by atoms with Crippen molar-refractivity contribution in [2.24, 2.45) is 0 Å². The normalized spacial score (nSPS) is 14.7. The second kappa shape index (κ2) is 10.7. The highest BCUT2D eigenvalue weighted by molar-refractivity contribution is 5.99. The maximum Gasteiger partial charge on any atom is 0.290 e. The fourth-order valence-corrected chi connectivity index (χ4v) is 4.93. The Hall–Kier alpha value is -4.10. The molecule has 3 heterocycles. The summed E-state index contributed by atoms with van der Waals surface area (Å²) in [5.74, 6) is 1.69. The van der Waals surface area contributed by atoms with Gasteiger partial charge in [0.25, 0.3) is 6.47 Å². The highest BCUT2D eigenvalue weighted by atomic mass is 16.5. The van der Waals surface area contributed by atoms with Crippen LogP contribution in [-0.2, 0) is 16.0 Å². The van der Waals surface area contributed by atoms with Gasteiger partial charge in [-0.1, -0.05) is 18.2 Å². The lowest BCUT2D eigenvalue weighted by Crippen LogP contribution is -2.36. The first-order valence-electron chi connectivity index (χ1n) is 12.1. The molecular formula is C29H29N3O4. The van der Waals surface area contributed by atoms with Crippen molar-refractivity contribution in [1.29, 1.82) is 0 Å². The molecule has 7 nitrogen and oxygen atoms in total. The minimum absolute atomic E-state index is 0.250. The van der Waals surface area contributed by atoms with Crippen LogP contribution in [0.25, 0.3) is 10.9 Å². The van der Waals surface area contributed by atoms with Crippen LogP contribution >= 0.6 is 0 Å². The summed E-state index contributed by atoms with van der Waals surface area (Å²) in [6.45, 7) is 6.27. The Balaban J connectivity index is 0.000000848. The van der Waals surface area contributed by atoms with E-state index in [0.717, 1.165) is 62.0 Å². The second-order valence-electron chi connectivity index (χ2n) is 8.74. The molecule has 3 aromatic carbocycles. The summed E-state index contributed by atoms with van der Waals surface area (Å²) in [4.78, 5) is 18.1. The van der Waals surface area contributed by atoms with Crippen molar-refractivity contribution in [2.45, 2.75) is 13.3 Å². The summed E-state index contributed by atoms with van der Waals surface area (Å²) in [6.07, 6.45) is 1.01. The van der Waals surface area contributed by atoms with Crippen molar-refractivity contribution >= 4 is 34.4 Å². The van der Waals surface area contributed by atoms with Crippen LogP contribution in [0.2, 0.25) is 0 Å². The van der Waals surface area contributed by atoms with E-state index in [2.05, 4.69) is 59.2 Å². The first kappa shape index (κ1) is 23.6. The zero-order valence-corrected chi connectivity index (χ0v) is 20.3. The topological polar surface area (TPSA) is 75.1 Å². The molecule has 0 atom stereocenters. The minimum atomic E-state index is -0.250. The Morgan fingerprint density at radius 2 is 1.58 bits per heavy atom. The highest BCUT2D eigenvalue weighted by Gasteiger charge is 2.26. The Morgan fingerprint density at radius 3 is 2.31 bits per heavy atom. The van der Waals surface area contributed by atoms with Gasteiger partial charge in [-0.15, -0.1) is 0 Å². The van der Waals surface area contributed by atoms with E-state index in [9.17, 15) is 0 Å². The number of carbonyl (C=O) groups is 1. The molecule has 0 aliphatic carbocycles. The summed E-state index contributed by atoms with van der Waals surface area (Å²) in [5.41, 5.74) is 7.26. The zero-order valence-electron chi connectivity index (χ0n) is 20.3. The van der Waals surface area contributed by atoms with Crippen LogP contribution in [0.4, 0.5) is 17.1 Å². The van der Waals surface area contributed by atoms with Crippen molar-refractivity contribution < 1.29 is 19.4 Å². The molecule has 0 bridgehead atoms. The van der Waals surface area contributed by atoms with Gasteiger partial charge >= 0.3 is 0 Å². The minimum Gasteiger partial charge on any atom is -0.483 e. The molecular weight excluding hydrogens is 454 g/mol. The molecule has 0 amide bonds. The van der Waals surface area contributed by atoms with Crippen LogP contribution in [0.1, 0.15) is 11.3 Å². The van der Waals surface area contributed by atoms with Gasteiger partial charge in [0.2, 0.25) is 0 Å². The lowest BCUT2D eigenvalue weighted by atomic mass is 10.0. The third-order valence-electron chi connectivity index (χ3n) is 6.60. The maximum absolute atomic E-state index is 8.36. The first-order chi connectivity index (χ1) is 17.7. The molecule has 1 aromatic heterocycles. The number of ether oxygens (including phenoxy) is 2. The van der Waals surface area contributed by atoms with Gasteiger partial charge in [0.15, 0.2) is 0 Å². The predicted octanol–water partition coefficient (Wildman–Crippen LogP) is 5.57. The average molecular weight is 484 g/mol. The smallest absolute Gasteiger partial charge is 0.290 e. The van der Waals surface area contributed by atoms with E-state index in [1.807, 2.05) is 30.3 Å². The van der Waals surface area contributed by atoms with Gasteiger partial charge in [0.05, 0.1) is 24.4 Å². The molecule has 1 N–H and O–H groups in total. The lowest BCUT2D eigenvalue weighted by molar-refractivity contribution is -0.122. The second-order valence-corrected chi connectivity index (χ2v) is 8.74. The standard InChI is InChI=1S/C28H27N3O2.CH2O2/c1-20-25-13-14-31(21-7-10-24(11-8-21)33-23-5-3-2-4-6-23)28(25)26-19-22(9-12-27(26)29-20)30-15-17-32-18-16-30;2-1-3/h2-12,19H,13-18H2,1H3;1H,(H,2,3). The van der Waals surface area contributed by atoms with Crippen LogP contribution < -0.4 is 14.5 Å². The zero-order chi connectivity index (χ0) is 24.9. The van der Waals surface area contributed by atoms with Gasteiger partial charge in [-0.05, 0) is 73.5 Å². The van der Waals surface area contributed by atoms with Crippen LogP contribution in [0.3, 0.4) is 0 Å². The SMILES string of the molecule is Cc1nc2ccc(N3CCOCC3)cc2c2c1CCN2c1ccc(Oc2ccccc2)cc1.O=CO. The summed E-state index contributed by atoms with van der Waals surface area (Å²) >= 11 is 0. The predicted molar refractivity (Wildman–Crippen MR) is 142 cm³/mol. The number of carboxylic acid groups (broad SMARTS) is 1. The lowest BCUT2D eigenvalue weighted by Gasteiger charge is -2.29. The number of hydrogen-bond donors (Lipinski definition) is 1. The molecule has 36 heavy (non-hydrogen) atoms. The van der Waals surface area contributed by atoms with E-state index in [1.54, 1.807) is 0 Å². The van der Waals surface area contributed by atoms with Gasteiger partial charge in [0.1, 0.15) is 11.5 Å². The van der Waals surface area contributed by atoms with Gasteiger partial charge in [-0.2, -0.15) is 0 Å². The number of anilines is 3. The number of aryl methyl sites for hydroxylation is 1. The van der Waals surface area contributed by atoms with Gasteiger partial charge in [-0.3, -0.25) is 9.78 Å². The van der Waals surface area contributed by atoms with Crippen LogP contribution in [0, 0.1) is 6.92 Å². The molecule has 7 heteroatoms. The molecule has 4 aromatic rings. The Kier molecular flexibility index (Phi) is 7.00. The molecule has 184 valence electrons. The number of rotatable bonds is 4. The summed E-state index contributed by atoms with van der Waals surface area (Å²) in [5, 5.41) is 8.11. The van der Waals surface area contributed by atoms with Crippen molar-refractivity contribution in [3.63, 3.8) is 0 Å². The van der Waals surface area contributed by atoms with E-state index >= 15 is 0 Å². The molecule has 0 spiro atoms. The molecule has 0 radical (unpaired) electrons.